The Kier molecular flexibility index (Phi) is 4.69. The lowest BCUT2D eigenvalue weighted by Crippen LogP contribution is -1.83. The van der Waals surface area contributed by atoms with Gasteiger partial charge in [-0.2, -0.15) is 0 Å². The predicted octanol–water partition coefficient (Wildman–Crippen LogP) is 6.54. The summed E-state index contributed by atoms with van der Waals surface area (Å²) in [6, 6.07) is 7.04. The summed E-state index contributed by atoms with van der Waals surface area (Å²) < 4.78 is 0. The van der Waals surface area contributed by atoms with Crippen LogP contribution in [0.1, 0.15) is 0 Å². The van der Waals surface area contributed by atoms with Gasteiger partial charge in [0.2, 0.25) is 0 Å². The van der Waals surface area contributed by atoms with Gasteiger partial charge in [0.05, 0.1) is 20.1 Å². The van der Waals surface area contributed by atoms with Crippen LogP contribution in [0.5, 0.6) is 0 Å². The maximum absolute atomic E-state index is 6.04. The van der Waals surface area contributed by atoms with Crippen molar-refractivity contribution < 1.29 is 0 Å². The molecule has 0 bridgehead atoms. The lowest BCUT2D eigenvalue weighted by Gasteiger charge is -2.09. The lowest BCUT2D eigenvalue weighted by molar-refractivity contribution is 1.44. The second-order valence-corrected chi connectivity index (χ2v) is 6.10. The van der Waals surface area contributed by atoms with Crippen LogP contribution in [0.15, 0.2) is 34.1 Å². The van der Waals surface area contributed by atoms with E-state index in [1.807, 2.05) is 0 Å². The van der Waals surface area contributed by atoms with Crippen molar-refractivity contribution in [2.45, 2.75) is 9.79 Å². The average molecular weight is 356 g/mol. The Morgan fingerprint density at radius 1 is 0.556 bits per heavy atom. The van der Waals surface area contributed by atoms with Crippen LogP contribution in [0.4, 0.5) is 0 Å². The molecule has 18 heavy (non-hydrogen) atoms. The third-order valence-corrected chi connectivity index (χ3v) is 5.05. The molecule has 2 aromatic rings. The fourth-order valence-electron chi connectivity index (χ4n) is 1.46. The number of halogens is 4. The van der Waals surface area contributed by atoms with Gasteiger partial charge in [-0.3, -0.25) is 0 Å². The van der Waals surface area contributed by atoms with Gasteiger partial charge in [-0.1, -0.05) is 46.4 Å². The Balaban J connectivity index is 2.63. The van der Waals surface area contributed by atoms with Crippen molar-refractivity contribution in [3.05, 3.63) is 44.4 Å². The summed E-state index contributed by atoms with van der Waals surface area (Å²) in [5, 5.41) is 1.90. The summed E-state index contributed by atoms with van der Waals surface area (Å²) in [5.74, 6) is 0. The standard InChI is InChI=1S/C12H6Cl4S2/c13-7-1-5(2-8(14)11(7)17)6-3-9(15)12(18)10(16)4-6/h1-4,17-18H. The third-order valence-electron chi connectivity index (χ3n) is 2.37. The average Bonchev–Trinajstić information content (AvgIpc) is 2.31. The first kappa shape index (κ1) is 14.7. The van der Waals surface area contributed by atoms with Crippen LogP contribution in [-0.2, 0) is 0 Å². The van der Waals surface area contributed by atoms with Crippen LogP contribution in [0, 0.1) is 0 Å². The quantitative estimate of drug-likeness (QED) is 0.532. The Hall–Kier alpha value is 0.300. The summed E-state index contributed by atoms with van der Waals surface area (Å²) in [6.07, 6.45) is 0. The van der Waals surface area contributed by atoms with Gasteiger partial charge in [0.1, 0.15) is 0 Å². The third kappa shape index (κ3) is 2.90. The zero-order valence-corrected chi connectivity index (χ0v) is 13.5. The van der Waals surface area contributed by atoms with E-state index in [4.69, 9.17) is 46.4 Å². The molecule has 0 saturated carbocycles. The van der Waals surface area contributed by atoms with Gasteiger partial charge >= 0.3 is 0 Å². The Morgan fingerprint density at radius 2 is 0.778 bits per heavy atom. The minimum atomic E-state index is 0.475. The molecular formula is C12H6Cl4S2. The highest BCUT2D eigenvalue weighted by atomic mass is 35.5. The topological polar surface area (TPSA) is 0 Å². The van der Waals surface area contributed by atoms with Crippen molar-refractivity contribution >= 4 is 71.7 Å². The molecule has 0 aliphatic carbocycles. The number of hydrogen-bond acceptors (Lipinski definition) is 2. The maximum atomic E-state index is 6.04. The summed E-state index contributed by atoms with van der Waals surface area (Å²) in [6.45, 7) is 0. The van der Waals surface area contributed by atoms with Crippen molar-refractivity contribution in [1.82, 2.24) is 0 Å². The molecule has 0 atom stereocenters. The van der Waals surface area contributed by atoms with Crippen molar-refractivity contribution in [1.29, 1.82) is 0 Å². The largest absolute Gasteiger partial charge is 0.140 e. The number of rotatable bonds is 1. The highest BCUT2D eigenvalue weighted by Crippen LogP contribution is 2.38. The van der Waals surface area contributed by atoms with Crippen LogP contribution in [-0.4, -0.2) is 0 Å². The molecule has 2 aromatic carbocycles. The Morgan fingerprint density at radius 3 is 1.00 bits per heavy atom. The molecule has 0 aliphatic rings. The van der Waals surface area contributed by atoms with E-state index in [1.54, 1.807) is 24.3 Å². The van der Waals surface area contributed by atoms with E-state index in [0.717, 1.165) is 11.1 Å². The minimum absolute atomic E-state index is 0.475. The van der Waals surface area contributed by atoms with Crippen molar-refractivity contribution in [2.75, 3.05) is 0 Å². The first-order valence-electron chi connectivity index (χ1n) is 4.76. The molecule has 0 spiro atoms. The molecule has 0 aromatic heterocycles. The lowest BCUT2D eigenvalue weighted by atomic mass is 10.1. The fraction of sp³-hybridized carbons (Fsp3) is 0. The first-order chi connectivity index (χ1) is 8.40. The second kappa shape index (κ2) is 5.74. The van der Waals surface area contributed by atoms with Crippen LogP contribution in [0.25, 0.3) is 11.1 Å². The van der Waals surface area contributed by atoms with Crippen molar-refractivity contribution in [2.24, 2.45) is 0 Å². The molecule has 94 valence electrons. The van der Waals surface area contributed by atoms with E-state index in [2.05, 4.69) is 25.3 Å². The first-order valence-corrected chi connectivity index (χ1v) is 7.17. The summed E-state index contributed by atoms with van der Waals surface area (Å²) >= 11 is 32.6. The summed E-state index contributed by atoms with van der Waals surface area (Å²) in [7, 11) is 0. The molecule has 0 N–H and O–H groups in total. The van der Waals surface area contributed by atoms with Gasteiger partial charge in [0.15, 0.2) is 0 Å². The molecule has 0 aliphatic heterocycles. The van der Waals surface area contributed by atoms with E-state index in [-0.39, 0.29) is 0 Å². The van der Waals surface area contributed by atoms with Gasteiger partial charge in [0, 0.05) is 9.79 Å². The van der Waals surface area contributed by atoms with Crippen molar-refractivity contribution in [3.63, 3.8) is 0 Å². The van der Waals surface area contributed by atoms with Crippen LogP contribution in [0.3, 0.4) is 0 Å². The second-order valence-electron chi connectivity index (χ2n) is 3.58. The van der Waals surface area contributed by atoms with E-state index < -0.39 is 0 Å². The zero-order chi connectivity index (χ0) is 13.4. The molecule has 6 heteroatoms. The van der Waals surface area contributed by atoms with Gasteiger partial charge in [-0.25, -0.2) is 0 Å². The predicted molar refractivity (Wildman–Crippen MR) is 86.4 cm³/mol. The van der Waals surface area contributed by atoms with Crippen molar-refractivity contribution in [3.8, 4) is 11.1 Å². The van der Waals surface area contributed by atoms with Crippen LogP contribution in [0.2, 0.25) is 20.1 Å². The molecule has 0 heterocycles. The van der Waals surface area contributed by atoms with Gasteiger partial charge in [-0.05, 0) is 35.4 Å². The molecule has 0 fully saturated rings. The molecular weight excluding hydrogens is 350 g/mol. The van der Waals surface area contributed by atoms with E-state index in [9.17, 15) is 0 Å². The maximum Gasteiger partial charge on any atom is 0.0560 e. The van der Waals surface area contributed by atoms with E-state index >= 15 is 0 Å². The normalized spacial score (nSPS) is 10.8. The molecule has 0 saturated heterocycles. The number of hydrogen-bond donors (Lipinski definition) is 2. The molecule has 2 rings (SSSR count). The van der Waals surface area contributed by atoms with Gasteiger partial charge in [0.25, 0.3) is 0 Å². The monoisotopic (exact) mass is 354 g/mol. The van der Waals surface area contributed by atoms with Gasteiger partial charge < -0.3 is 0 Å². The highest BCUT2D eigenvalue weighted by molar-refractivity contribution is 7.80. The Labute approximate surface area is 136 Å². The fourth-order valence-corrected chi connectivity index (χ4v) is 2.70. The molecule has 0 radical (unpaired) electrons. The Bertz CT molecular complexity index is 524. The smallest absolute Gasteiger partial charge is 0.0560 e. The molecule has 0 amide bonds. The zero-order valence-electron chi connectivity index (χ0n) is 8.72. The number of benzene rings is 2. The minimum Gasteiger partial charge on any atom is -0.140 e. The highest BCUT2D eigenvalue weighted by Gasteiger charge is 2.10. The van der Waals surface area contributed by atoms with Gasteiger partial charge in [-0.15, -0.1) is 25.3 Å². The van der Waals surface area contributed by atoms with E-state index in [0.29, 0.717) is 29.9 Å². The number of thiol groups is 2. The summed E-state index contributed by atoms with van der Waals surface area (Å²) in [4.78, 5) is 1.09. The molecule has 0 nitrogen and oxygen atoms in total. The van der Waals surface area contributed by atoms with Crippen LogP contribution < -0.4 is 0 Å². The SMILES string of the molecule is Sc1c(Cl)cc(-c2cc(Cl)c(S)c(Cl)c2)cc1Cl. The summed E-state index contributed by atoms with van der Waals surface area (Å²) in [5.41, 5.74) is 1.64. The van der Waals surface area contributed by atoms with E-state index in [1.165, 1.54) is 0 Å². The van der Waals surface area contributed by atoms with Crippen LogP contribution >= 0.6 is 71.7 Å². The molecule has 0 unspecified atom stereocenters.